The van der Waals surface area contributed by atoms with E-state index in [1.165, 1.54) is 21.5 Å². The molecule has 0 atom stereocenters. The van der Waals surface area contributed by atoms with Crippen LogP contribution in [0.5, 0.6) is 0 Å². The third-order valence-corrected chi connectivity index (χ3v) is 12.7. The van der Waals surface area contributed by atoms with E-state index < -0.39 is 67.8 Å². The smallest absolute Gasteiger partial charge is 0.0920 e. The number of alkyl halides is 12. The van der Waals surface area contributed by atoms with Crippen LogP contribution in [0.25, 0.3) is 54.9 Å². The summed E-state index contributed by atoms with van der Waals surface area (Å²) in [5.41, 5.74) is 1.64. The molecule has 9 rings (SSSR count). The minimum Gasteiger partial charge on any atom is -0.184 e. The van der Waals surface area contributed by atoms with Crippen molar-refractivity contribution in [2.24, 2.45) is 0 Å². The Labute approximate surface area is 418 Å². The molecule has 0 aromatic heterocycles. The Kier molecular flexibility index (Phi) is 17.5. The summed E-state index contributed by atoms with van der Waals surface area (Å²) in [7, 11) is 10.7. The first kappa shape index (κ1) is 54.7. The van der Waals surface area contributed by atoms with Gasteiger partial charge in [0.25, 0.3) is 0 Å². The van der Waals surface area contributed by atoms with E-state index in [9.17, 15) is 52.7 Å². The van der Waals surface area contributed by atoms with Crippen molar-refractivity contribution >= 4 is 58.5 Å². The molecule has 0 spiro atoms. The van der Waals surface area contributed by atoms with E-state index >= 15 is 0 Å². The molecular formula is C54H41Cl2F12SiZr-3. The predicted molar refractivity (Wildman–Crippen MR) is 255 cm³/mol. The molecule has 70 heavy (non-hydrogen) atoms. The molecular weight excluding hydrogens is 1070 g/mol. The van der Waals surface area contributed by atoms with Gasteiger partial charge in [0, 0.05) is 0 Å². The Balaban J connectivity index is 0.000000176. The number of aryl methyl sites for hydroxylation is 4. The van der Waals surface area contributed by atoms with Gasteiger partial charge in [0.15, 0.2) is 0 Å². The summed E-state index contributed by atoms with van der Waals surface area (Å²) >= 11 is -0.826. The Morgan fingerprint density at radius 1 is 0.514 bits per heavy atom. The second kappa shape index (κ2) is 22.4. The fraction of sp³-hybridized carbons (Fsp3) is 0.222. The topological polar surface area (TPSA) is 0 Å². The van der Waals surface area contributed by atoms with E-state index in [0.717, 1.165) is 79.7 Å². The van der Waals surface area contributed by atoms with E-state index in [4.69, 9.17) is 17.0 Å². The number of halogens is 14. The summed E-state index contributed by atoms with van der Waals surface area (Å²) in [6, 6.07) is 36.4. The summed E-state index contributed by atoms with van der Waals surface area (Å²) in [4.78, 5) is 0. The zero-order valence-corrected chi connectivity index (χ0v) is 42.7. The van der Waals surface area contributed by atoms with Gasteiger partial charge in [0.1, 0.15) is 0 Å². The minimum atomic E-state index is -4.86. The zero-order valence-electron chi connectivity index (χ0n) is 37.7. The van der Waals surface area contributed by atoms with Gasteiger partial charge in [-0.2, -0.15) is 94.3 Å². The van der Waals surface area contributed by atoms with Gasteiger partial charge >= 0.3 is 62.6 Å². The van der Waals surface area contributed by atoms with Crippen molar-refractivity contribution in [3.8, 4) is 33.4 Å². The SMILES string of the molecule is CCCc1ccc2[cH-]c(C)cc2c1-c1cc(C(F)(F)F)cc(C(F)(F)F)c1.CCCc1ccc2[cH-]c(C)cc2c1-c1cc(C(F)(F)F)cc(C(F)(F)F)c1.[Cl][Zr][Cl].[c-]1cccc2c1[Si]c1ccccc1-2. The van der Waals surface area contributed by atoms with Gasteiger partial charge in [-0.3, -0.25) is 0 Å². The Bertz CT molecular complexity index is 2810. The van der Waals surface area contributed by atoms with Gasteiger partial charge < -0.3 is 0 Å². The number of fused-ring (bicyclic) bond motifs is 5. The fourth-order valence-electron chi connectivity index (χ4n) is 8.52. The maximum Gasteiger partial charge on any atom is 0.0920 e. The van der Waals surface area contributed by atoms with Crippen molar-refractivity contribution in [3.05, 3.63) is 178 Å². The summed E-state index contributed by atoms with van der Waals surface area (Å²) < 4.78 is 159. The molecule has 1 aliphatic heterocycles. The molecule has 0 amide bonds. The van der Waals surface area contributed by atoms with Crippen LogP contribution in [0.3, 0.4) is 0 Å². The molecule has 0 nitrogen and oxygen atoms in total. The average Bonchev–Trinajstić information content (AvgIpc) is 3.99. The van der Waals surface area contributed by atoms with Gasteiger partial charge in [-0.15, -0.1) is 74.6 Å². The maximum atomic E-state index is 13.3. The van der Waals surface area contributed by atoms with Crippen molar-refractivity contribution in [1.29, 1.82) is 0 Å². The fourth-order valence-corrected chi connectivity index (χ4v) is 9.83. The normalized spacial score (nSPS) is 12.3. The number of rotatable bonds is 6. The van der Waals surface area contributed by atoms with Crippen molar-refractivity contribution in [2.45, 2.75) is 78.1 Å². The van der Waals surface area contributed by atoms with Crippen LogP contribution in [0.15, 0.2) is 127 Å². The second-order valence-corrected chi connectivity index (χ2v) is 21.6. The molecule has 0 N–H and O–H groups in total. The van der Waals surface area contributed by atoms with Crippen LogP contribution in [0, 0.1) is 19.9 Å². The molecule has 0 aliphatic carbocycles. The first-order valence-corrected chi connectivity index (χ1v) is 29.0. The quantitative estimate of drug-likeness (QED) is 0.0884. The monoisotopic (exact) mass is 1110 g/mol. The van der Waals surface area contributed by atoms with Crippen LogP contribution in [0.1, 0.15) is 71.2 Å². The van der Waals surface area contributed by atoms with Gasteiger partial charge in [0.2, 0.25) is 0 Å². The van der Waals surface area contributed by atoms with E-state index in [1.807, 2.05) is 58.0 Å². The average molecular weight is 1110 g/mol. The molecule has 2 radical (unpaired) electrons. The zero-order chi connectivity index (χ0) is 51.3. The summed E-state index contributed by atoms with van der Waals surface area (Å²) in [5.74, 6) is 0. The van der Waals surface area contributed by atoms with Gasteiger partial charge in [-0.1, -0.05) is 97.8 Å². The molecule has 16 heteroatoms. The first-order valence-electron chi connectivity index (χ1n) is 21.7. The summed E-state index contributed by atoms with van der Waals surface area (Å²) in [6.07, 6.45) is -16.9. The van der Waals surface area contributed by atoms with Crippen molar-refractivity contribution in [1.82, 2.24) is 0 Å². The molecule has 1 heterocycles. The molecule has 8 aromatic carbocycles. The Hall–Kier alpha value is -4.62. The molecule has 0 fully saturated rings. The largest absolute Gasteiger partial charge is 0.184 e. The first-order chi connectivity index (χ1) is 32.9. The standard InChI is InChI=1S/2C21H17F6.C12H7Si.2ClH.Zr/c2*1-3-4-13-5-6-14-7-12(2)8-18(14)19(13)15-9-16(20(22,23)24)11-17(10-15)21(25,26)27;1-3-7-11-9(5-1)10-6-2-4-8-12(10)13-11;;;/h2*5-11H,3-4H2,1-2H3;1-7H;2*1H;/q3*-1;;;+2/p-2. The van der Waals surface area contributed by atoms with Crippen LogP contribution >= 0.6 is 17.0 Å². The van der Waals surface area contributed by atoms with Crippen molar-refractivity contribution in [3.63, 3.8) is 0 Å². The Morgan fingerprint density at radius 3 is 1.29 bits per heavy atom. The van der Waals surface area contributed by atoms with E-state index in [1.54, 1.807) is 24.3 Å². The second-order valence-electron chi connectivity index (χ2n) is 16.6. The van der Waals surface area contributed by atoms with Gasteiger partial charge in [-0.05, 0) is 60.4 Å². The summed E-state index contributed by atoms with van der Waals surface area (Å²) in [5, 5.41) is 5.77. The number of hydrogen-bond donors (Lipinski definition) is 0. The third kappa shape index (κ3) is 13.1. The number of benzene rings is 6. The molecule has 0 unspecified atom stereocenters. The van der Waals surface area contributed by atoms with Crippen molar-refractivity contribution < 1.29 is 73.5 Å². The molecule has 1 aliphatic rings. The van der Waals surface area contributed by atoms with Crippen LogP contribution in [-0.2, 0) is 58.4 Å². The third-order valence-electron chi connectivity index (χ3n) is 11.4. The predicted octanol–water partition coefficient (Wildman–Crippen LogP) is 17.5. The van der Waals surface area contributed by atoms with Gasteiger partial charge in [-0.25, -0.2) is 0 Å². The maximum absolute atomic E-state index is 13.3. The summed E-state index contributed by atoms with van der Waals surface area (Å²) in [6.45, 7) is 7.52. The van der Waals surface area contributed by atoms with Crippen LogP contribution in [-0.4, -0.2) is 9.52 Å². The van der Waals surface area contributed by atoms with Gasteiger partial charge in [0.05, 0.1) is 31.8 Å². The molecule has 0 bridgehead atoms. The van der Waals surface area contributed by atoms with Crippen LogP contribution in [0.2, 0.25) is 0 Å². The van der Waals surface area contributed by atoms with E-state index in [2.05, 4.69) is 42.5 Å². The molecule has 366 valence electrons. The van der Waals surface area contributed by atoms with Crippen LogP contribution < -0.4 is 10.4 Å². The van der Waals surface area contributed by atoms with Crippen molar-refractivity contribution in [2.75, 3.05) is 0 Å². The van der Waals surface area contributed by atoms with E-state index in [-0.39, 0.29) is 23.3 Å². The molecule has 0 saturated carbocycles. The molecule has 0 saturated heterocycles. The number of hydrogen-bond acceptors (Lipinski definition) is 0. The van der Waals surface area contributed by atoms with E-state index in [0.29, 0.717) is 34.7 Å². The van der Waals surface area contributed by atoms with Crippen LogP contribution in [0.4, 0.5) is 52.7 Å². The molecule has 8 aromatic rings. The Morgan fingerprint density at radius 2 is 0.900 bits per heavy atom. The minimum absolute atomic E-state index is 0.0585.